The van der Waals surface area contributed by atoms with Crippen molar-refractivity contribution >= 4 is 45.4 Å². The molecule has 2 heterocycles. The monoisotopic (exact) mass is 449 g/mol. The average molecular weight is 450 g/mol. The number of hydrogen-bond donors (Lipinski definition) is 3. The van der Waals surface area contributed by atoms with Crippen LogP contribution in [-0.4, -0.2) is 51.6 Å². The Labute approximate surface area is 189 Å². The SMILES string of the molecule is CCOc1ccccc1-c1nc(C(=O)NC(CSC)C(=O)O)cc2c1[nH]c1ccccc12. The van der Waals surface area contributed by atoms with Gasteiger partial charge in [0.15, 0.2) is 0 Å². The molecule has 0 saturated heterocycles. The number of aliphatic carboxylic acids is 1. The summed E-state index contributed by atoms with van der Waals surface area (Å²) >= 11 is 1.35. The summed E-state index contributed by atoms with van der Waals surface area (Å²) in [7, 11) is 0. The number of fused-ring (bicyclic) bond motifs is 3. The number of para-hydroxylation sites is 2. The molecule has 0 aliphatic rings. The Hall–Kier alpha value is -3.52. The molecule has 0 radical (unpaired) electrons. The maximum atomic E-state index is 13.0. The summed E-state index contributed by atoms with van der Waals surface area (Å²) in [5.74, 6) is -0.696. The molecule has 7 nitrogen and oxygen atoms in total. The minimum Gasteiger partial charge on any atom is -0.493 e. The molecule has 8 heteroatoms. The molecule has 1 atom stereocenters. The van der Waals surface area contributed by atoms with Crippen LogP contribution in [0.4, 0.5) is 0 Å². The molecule has 2 aromatic heterocycles. The molecule has 164 valence electrons. The van der Waals surface area contributed by atoms with Crippen LogP contribution in [0.1, 0.15) is 17.4 Å². The summed E-state index contributed by atoms with van der Waals surface area (Å²) in [5, 5.41) is 13.8. The molecular weight excluding hydrogens is 426 g/mol. The molecule has 1 unspecified atom stereocenters. The molecular formula is C24H23N3O4S. The van der Waals surface area contributed by atoms with Gasteiger partial charge in [0, 0.05) is 27.6 Å². The fourth-order valence-corrected chi connectivity index (χ4v) is 4.23. The van der Waals surface area contributed by atoms with E-state index in [-0.39, 0.29) is 11.4 Å². The first-order valence-electron chi connectivity index (χ1n) is 10.2. The molecule has 32 heavy (non-hydrogen) atoms. The number of benzene rings is 2. The highest BCUT2D eigenvalue weighted by Gasteiger charge is 2.23. The first-order valence-corrected chi connectivity index (χ1v) is 11.6. The van der Waals surface area contributed by atoms with Crippen molar-refractivity contribution in [3.63, 3.8) is 0 Å². The lowest BCUT2D eigenvalue weighted by molar-refractivity contribution is -0.138. The molecule has 0 bridgehead atoms. The first kappa shape index (κ1) is 21.7. The number of pyridine rings is 1. The second kappa shape index (κ2) is 9.32. The van der Waals surface area contributed by atoms with Gasteiger partial charge >= 0.3 is 5.97 Å². The largest absolute Gasteiger partial charge is 0.493 e. The summed E-state index contributed by atoms with van der Waals surface area (Å²) in [6.07, 6.45) is 1.79. The quantitative estimate of drug-likeness (QED) is 0.370. The van der Waals surface area contributed by atoms with Gasteiger partial charge in [-0.15, -0.1) is 0 Å². The number of carboxylic acids is 1. The maximum Gasteiger partial charge on any atom is 0.327 e. The van der Waals surface area contributed by atoms with Gasteiger partial charge in [-0.1, -0.05) is 30.3 Å². The smallest absolute Gasteiger partial charge is 0.327 e. The van der Waals surface area contributed by atoms with E-state index in [2.05, 4.69) is 15.3 Å². The predicted molar refractivity (Wildman–Crippen MR) is 127 cm³/mol. The summed E-state index contributed by atoms with van der Waals surface area (Å²) in [6.45, 7) is 2.40. The highest BCUT2D eigenvalue weighted by molar-refractivity contribution is 7.98. The number of ether oxygens (including phenoxy) is 1. The van der Waals surface area contributed by atoms with Crippen LogP contribution in [0.2, 0.25) is 0 Å². The summed E-state index contributed by atoms with van der Waals surface area (Å²) in [4.78, 5) is 32.7. The molecule has 4 rings (SSSR count). The van der Waals surface area contributed by atoms with E-state index >= 15 is 0 Å². The zero-order chi connectivity index (χ0) is 22.7. The second-order valence-electron chi connectivity index (χ2n) is 7.20. The van der Waals surface area contributed by atoms with Crippen LogP contribution in [0.25, 0.3) is 33.1 Å². The van der Waals surface area contributed by atoms with Gasteiger partial charge in [0.25, 0.3) is 5.91 Å². The summed E-state index contributed by atoms with van der Waals surface area (Å²) < 4.78 is 5.81. The number of aromatic amines is 1. The molecule has 4 aromatic rings. The molecule has 0 saturated carbocycles. The van der Waals surface area contributed by atoms with Crippen LogP contribution in [0.5, 0.6) is 5.75 Å². The Balaban J connectivity index is 1.91. The number of thioether (sulfide) groups is 1. The van der Waals surface area contributed by atoms with Crippen molar-refractivity contribution in [2.24, 2.45) is 0 Å². The van der Waals surface area contributed by atoms with Gasteiger partial charge < -0.3 is 20.1 Å². The summed E-state index contributed by atoms with van der Waals surface area (Å²) in [5.41, 5.74) is 3.18. The zero-order valence-electron chi connectivity index (χ0n) is 17.7. The van der Waals surface area contributed by atoms with Crippen LogP contribution in [0.3, 0.4) is 0 Å². The minimum absolute atomic E-state index is 0.149. The van der Waals surface area contributed by atoms with Gasteiger partial charge in [0.05, 0.1) is 17.8 Å². The van der Waals surface area contributed by atoms with E-state index in [0.29, 0.717) is 18.1 Å². The highest BCUT2D eigenvalue weighted by Crippen LogP contribution is 2.36. The lowest BCUT2D eigenvalue weighted by Crippen LogP contribution is -2.42. The number of nitrogens with zero attached hydrogens (tertiary/aromatic N) is 1. The maximum absolute atomic E-state index is 13.0. The van der Waals surface area contributed by atoms with Crippen LogP contribution in [0.15, 0.2) is 54.6 Å². The van der Waals surface area contributed by atoms with Crippen LogP contribution >= 0.6 is 11.8 Å². The van der Waals surface area contributed by atoms with E-state index in [1.807, 2.05) is 55.5 Å². The van der Waals surface area contributed by atoms with Crippen molar-refractivity contribution in [1.82, 2.24) is 15.3 Å². The molecule has 0 fully saturated rings. The zero-order valence-corrected chi connectivity index (χ0v) is 18.5. The molecule has 0 spiro atoms. The Morgan fingerprint density at radius 1 is 1.16 bits per heavy atom. The standard InChI is InChI=1S/C24H23N3O4S/c1-3-31-20-11-7-5-9-15(20)21-22-16(14-8-4-6-10-17(14)25-22)12-18(26-21)23(28)27-19(13-32-2)24(29)30/h4-12,19,25H,3,13H2,1-2H3,(H,27,28)(H,29,30). The number of hydrogen-bond acceptors (Lipinski definition) is 5. The lowest BCUT2D eigenvalue weighted by Gasteiger charge is -2.15. The minimum atomic E-state index is -1.08. The third-order valence-electron chi connectivity index (χ3n) is 5.11. The van der Waals surface area contributed by atoms with Crippen molar-refractivity contribution in [2.45, 2.75) is 13.0 Å². The van der Waals surface area contributed by atoms with Crippen molar-refractivity contribution in [3.05, 3.63) is 60.3 Å². The van der Waals surface area contributed by atoms with Gasteiger partial charge in [0.2, 0.25) is 0 Å². The lowest BCUT2D eigenvalue weighted by atomic mass is 10.1. The summed E-state index contributed by atoms with van der Waals surface area (Å²) in [6, 6.07) is 16.0. The number of nitrogens with one attached hydrogen (secondary N) is 2. The van der Waals surface area contributed by atoms with Crippen molar-refractivity contribution in [2.75, 3.05) is 18.6 Å². The van der Waals surface area contributed by atoms with E-state index in [1.54, 1.807) is 12.3 Å². The predicted octanol–water partition coefficient (Wildman–Crippen LogP) is 4.33. The number of aromatic nitrogens is 2. The third kappa shape index (κ3) is 4.13. The van der Waals surface area contributed by atoms with E-state index in [1.165, 1.54) is 11.8 Å². The Bertz CT molecular complexity index is 1300. The Morgan fingerprint density at radius 2 is 1.91 bits per heavy atom. The molecule has 3 N–H and O–H groups in total. The number of carbonyl (C=O) groups is 2. The van der Waals surface area contributed by atoms with Crippen molar-refractivity contribution in [1.29, 1.82) is 0 Å². The number of carbonyl (C=O) groups excluding carboxylic acids is 1. The van der Waals surface area contributed by atoms with E-state index < -0.39 is 17.9 Å². The topological polar surface area (TPSA) is 104 Å². The Morgan fingerprint density at radius 3 is 2.66 bits per heavy atom. The number of H-pyrrole nitrogens is 1. The van der Waals surface area contributed by atoms with E-state index in [0.717, 1.165) is 27.4 Å². The Kier molecular flexibility index (Phi) is 6.32. The van der Waals surface area contributed by atoms with E-state index in [4.69, 9.17) is 4.74 Å². The molecule has 0 aliphatic heterocycles. The van der Waals surface area contributed by atoms with E-state index in [9.17, 15) is 14.7 Å². The molecule has 1 amide bonds. The van der Waals surface area contributed by atoms with Crippen LogP contribution in [0, 0.1) is 0 Å². The fraction of sp³-hybridized carbons (Fsp3) is 0.208. The fourth-order valence-electron chi connectivity index (χ4n) is 3.67. The van der Waals surface area contributed by atoms with Crippen molar-refractivity contribution < 1.29 is 19.4 Å². The van der Waals surface area contributed by atoms with Gasteiger partial charge in [0.1, 0.15) is 17.5 Å². The average Bonchev–Trinajstić information content (AvgIpc) is 3.17. The van der Waals surface area contributed by atoms with Crippen LogP contribution in [-0.2, 0) is 4.79 Å². The van der Waals surface area contributed by atoms with Gasteiger partial charge in [-0.05, 0) is 37.4 Å². The highest BCUT2D eigenvalue weighted by atomic mass is 32.2. The number of amides is 1. The first-order chi connectivity index (χ1) is 15.5. The second-order valence-corrected chi connectivity index (χ2v) is 8.11. The number of carboxylic acid groups (broad SMARTS) is 1. The molecule has 0 aliphatic carbocycles. The van der Waals surface area contributed by atoms with Gasteiger partial charge in [-0.2, -0.15) is 11.8 Å². The molecule has 2 aromatic carbocycles. The normalized spacial score (nSPS) is 12.1. The van der Waals surface area contributed by atoms with Gasteiger partial charge in [-0.3, -0.25) is 4.79 Å². The third-order valence-corrected chi connectivity index (χ3v) is 5.77. The van der Waals surface area contributed by atoms with Crippen molar-refractivity contribution in [3.8, 4) is 17.0 Å². The van der Waals surface area contributed by atoms with Gasteiger partial charge in [-0.25, -0.2) is 9.78 Å². The number of rotatable bonds is 8. The van der Waals surface area contributed by atoms with Crippen LogP contribution < -0.4 is 10.1 Å².